The van der Waals surface area contributed by atoms with Crippen LogP contribution in [-0.4, -0.2) is 51.3 Å². The highest BCUT2D eigenvalue weighted by Gasteiger charge is 2.61. The highest BCUT2D eigenvalue weighted by molar-refractivity contribution is 6.31. The lowest BCUT2D eigenvalue weighted by atomic mass is 9.91. The van der Waals surface area contributed by atoms with Gasteiger partial charge in [-0.1, -0.05) is 43.5 Å². The Hall–Kier alpha value is -2.87. The minimum absolute atomic E-state index is 0.0577. The van der Waals surface area contributed by atoms with Crippen molar-refractivity contribution in [2.45, 2.75) is 70.4 Å². The van der Waals surface area contributed by atoms with Gasteiger partial charge in [-0.2, -0.15) is 4.98 Å². The number of hydrogen-bond donors (Lipinski definition) is 1. The number of carbonyl (C=O) groups is 3. The minimum atomic E-state index is -1.08. The highest BCUT2D eigenvalue weighted by Crippen LogP contribution is 2.57. The third-order valence-corrected chi connectivity index (χ3v) is 8.10. The number of ketones is 1. The van der Waals surface area contributed by atoms with Gasteiger partial charge in [0.2, 0.25) is 5.91 Å². The second kappa shape index (κ2) is 9.88. The van der Waals surface area contributed by atoms with Gasteiger partial charge < -0.3 is 19.2 Å². The van der Waals surface area contributed by atoms with Crippen molar-refractivity contribution in [1.29, 1.82) is 0 Å². The number of Topliss-reactive ketones (excluding diaryl/α,β-unsaturated/α-hetero) is 1. The van der Waals surface area contributed by atoms with Crippen molar-refractivity contribution in [1.82, 2.24) is 9.88 Å². The Bertz CT molecular complexity index is 1210. The molecule has 5 rings (SSSR count). The number of amides is 1. The number of benzene rings is 1. The van der Waals surface area contributed by atoms with Crippen LogP contribution in [0.25, 0.3) is 11.1 Å². The summed E-state index contributed by atoms with van der Waals surface area (Å²) in [6.45, 7) is 2.12. The number of allylic oxidation sites excluding steroid dienone is 2. The smallest absolute Gasteiger partial charge is 0.394 e. The Labute approximate surface area is 214 Å². The summed E-state index contributed by atoms with van der Waals surface area (Å²) in [5.74, 6) is -1.63. The first kappa shape index (κ1) is 24.8. The van der Waals surface area contributed by atoms with E-state index in [1.165, 1.54) is 0 Å². The summed E-state index contributed by atoms with van der Waals surface area (Å²) < 4.78 is 11.7. The Morgan fingerprint density at radius 2 is 2.11 bits per heavy atom. The van der Waals surface area contributed by atoms with Crippen LogP contribution in [0.3, 0.4) is 0 Å². The molecule has 1 aromatic heterocycles. The predicted octanol–water partition coefficient (Wildman–Crippen LogP) is 5.04. The molecule has 2 aliphatic heterocycles. The first-order valence-corrected chi connectivity index (χ1v) is 13.1. The number of nitrogens with zero attached hydrogens (tertiary/aromatic N) is 2. The number of halogens is 1. The second-order valence-corrected chi connectivity index (χ2v) is 10.9. The van der Waals surface area contributed by atoms with E-state index in [0.717, 1.165) is 32.1 Å². The van der Waals surface area contributed by atoms with E-state index in [-0.39, 0.29) is 49.0 Å². The van der Waals surface area contributed by atoms with Gasteiger partial charge in [-0.25, -0.2) is 0 Å². The third-order valence-electron chi connectivity index (χ3n) is 7.86. The van der Waals surface area contributed by atoms with Gasteiger partial charge in [0, 0.05) is 29.8 Å². The molecule has 1 saturated heterocycles. The van der Waals surface area contributed by atoms with Crippen LogP contribution in [0.5, 0.6) is 6.08 Å². The number of carboxylic acids is 1. The molecule has 1 saturated carbocycles. The van der Waals surface area contributed by atoms with Crippen molar-refractivity contribution < 1.29 is 28.6 Å². The predicted molar refractivity (Wildman–Crippen MR) is 133 cm³/mol. The summed E-state index contributed by atoms with van der Waals surface area (Å²) in [4.78, 5) is 45.0. The zero-order valence-electron chi connectivity index (χ0n) is 20.3. The zero-order chi connectivity index (χ0) is 25.4. The van der Waals surface area contributed by atoms with Crippen LogP contribution in [0.1, 0.15) is 58.3 Å². The molecule has 0 radical (unpaired) electrons. The van der Waals surface area contributed by atoms with Gasteiger partial charge >= 0.3 is 12.0 Å². The number of rotatable bonds is 3. The standard InChI is InChI=1S/C27H31ClN2O6/c1-16-7-5-3-2-4-6-8-17-13-27(17,25(33)34)14-22(31)21-12-19(15-30(21)24(16)32)35-26-29-20-10-9-18(28)11-23(20)36-26/h6,8-11,16-17,19,21H,2-5,7,12-15H2,1H3,(H,33,34)/b8-6-/t16-,17-,19+,21-,27+/m0/s1. The van der Waals surface area contributed by atoms with Gasteiger partial charge in [-0.05, 0) is 43.7 Å². The number of aliphatic carboxylic acids is 1. The number of oxazole rings is 1. The molecule has 1 N–H and O–H groups in total. The number of ether oxygens (including phenoxy) is 1. The van der Waals surface area contributed by atoms with Crippen molar-refractivity contribution in [2.24, 2.45) is 17.3 Å². The van der Waals surface area contributed by atoms with Crippen LogP contribution in [0.4, 0.5) is 0 Å². The Morgan fingerprint density at radius 1 is 1.28 bits per heavy atom. The summed E-state index contributed by atoms with van der Waals surface area (Å²) in [5, 5.41) is 10.5. The molecular weight excluding hydrogens is 484 g/mol. The SMILES string of the molecule is C[C@H]1CCCCC/C=C\[C@H]2C[C@@]2(C(=O)O)CC(=O)[C@@H]2C[C@@H](Oc3nc4ccc(Cl)cc4o3)CN2C1=O. The van der Waals surface area contributed by atoms with Crippen molar-refractivity contribution in [3.05, 3.63) is 35.4 Å². The monoisotopic (exact) mass is 514 g/mol. The van der Waals surface area contributed by atoms with Gasteiger partial charge in [0.05, 0.1) is 18.0 Å². The summed E-state index contributed by atoms with van der Waals surface area (Å²) in [7, 11) is 0. The van der Waals surface area contributed by atoms with Gasteiger partial charge in [-0.15, -0.1) is 0 Å². The first-order valence-electron chi connectivity index (χ1n) is 12.7. The van der Waals surface area contributed by atoms with Crippen LogP contribution in [0.2, 0.25) is 5.02 Å². The molecule has 0 spiro atoms. The molecule has 2 fully saturated rings. The molecule has 1 aromatic carbocycles. The van der Waals surface area contributed by atoms with Crippen molar-refractivity contribution in [3.63, 3.8) is 0 Å². The van der Waals surface area contributed by atoms with E-state index in [1.807, 2.05) is 19.1 Å². The van der Waals surface area contributed by atoms with E-state index >= 15 is 0 Å². The summed E-state index contributed by atoms with van der Waals surface area (Å²) in [6, 6.07) is 4.36. The lowest BCUT2D eigenvalue weighted by Gasteiger charge is -2.27. The van der Waals surface area contributed by atoms with Gasteiger partial charge in [-0.3, -0.25) is 14.4 Å². The van der Waals surface area contributed by atoms with Crippen LogP contribution < -0.4 is 4.74 Å². The fourth-order valence-corrected chi connectivity index (χ4v) is 5.76. The van der Waals surface area contributed by atoms with E-state index in [0.29, 0.717) is 22.5 Å². The van der Waals surface area contributed by atoms with Gasteiger partial charge in [0.25, 0.3) is 0 Å². The Morgan fingerprint density at radius 3 is 2.92 bits per heavy atom. The number of carboxylic acid groups (broad SMARTS) is 1. The van der Waals surface area contributed by atoms with Crippen LogP contribution >= 0.6 is 11.6 Å². The summed E-state index contributed by atoms with van der Waals surface area (Å²) in [5.41, 5.74) is 0.00803. The third kappa shape index (κ3) is 4.88. The number of aromatic nitrogens is 1. The molecule has 9 heteroatoms. The van der Waals surface area contributed by atoms with E-state index in [9.17, 15) is 19.5 Å². The van der Waals surface area contributed by atoms with Gasteiger partial charge in [0.1, 0.15) is 11.6 Å². The second-order valence-electron chi connectivity index (χ2n) is 10.5. The lowest BCUT2D eigenvalue weighted by Crippen LogP contribution is -2.44. The Balaban J connectivity index is 1.38. The molecule has 192 valence electrons. The van der Waals surface area contributed by atoms with Crippen molar-refractivity contribution in [2.75, 3.05) is 6.54 Å². The molecule has 3 heterocycles. The maximum atomic E-state index is 13.5. The summed E-state index contributed by atoms with van der Waals surface area (Å²) in [6.07, 6.45) is 8.79. The molecule has 5 atom stereocenters. The molecule has 0 unspecified atom stereocenters. The fraction of sp³-hybridized carbons (Fsp3) is 0.556. The average Bonchev–Trinajstić information content (AvgIpc) is 3.17. The minimum Gasteiger partial charge on any atom is -0.481 e. The van der Waals surface area contributed by atoms with E-state index < -0.39 is 23.5 Å². The maximum absolute atomic E-state index is 13.5. The van der Waals surface area contributed by atoms with Crippen molar-refractivity contribution in [3.8, 4) is 6.08 Å². The van der Waals surface area contributed by atoms with Crippen LogP contribution in [0, 0.1) is 17.3 Å². The topological polar surface area (TPSA) is 110 Å². The van der Waals surface area contributed by atoms with E-state index in [1.54, 1.807) is 23.1 Å². The van der Waals surface area contributed by atoms with Crippen molar-refractivity contribution >= 4 is 40.4 Å². The zero-order valence-corrected chi connectivity index (χ0v) is 21.1. The van der Waals surface area contributed by atoms with Gasteiger partial charge in [0.15, 0.2) is 11.4 Å². The molecule has 36 heavy (non-hydrogen) atoms. The molecular formula is C27H31ClN2O6. The maximum Gasteiger partial charge on any atom is 0.394 e. The van der Waals surface area contributed by atoms with Crippen LogP contribution in [-0.2, 0) is 14.4 Å². The molecule has 1 amide bonds. The lowest BCUT2D eigenvalue weighted by molar-refractivity contribution is -0.147. The van der Waals surface area contributed by atoms with E-state index in [2.05, 4.69) is 4.98 Å². The first-order chi connectivity index (χ1) is 17.3. The van der Waals surface area contributed by atoms with E-state index in [4.69, 9.17) is 20.8 Å². The van der Waals surface area contributed by atoms with Crippen LogP contribution in [0.15, 0.2) is 34.8 Å². The number of hydrogen-bond acceptors (Lipinski definition) is 6. The number of carbonyl (C=O) groups excluding carboxylic acids is 2. The molecule has 8 nitrogen and oxygen atoms in total. The molecule has 0 bridgehead atoms. The largest absolute Gasteiger partial charge is 0.481 e. The normalized spacial score (nSPS) is 32.3. The summed E-state index contributed by atoms with van der Waals surface area (Å²) >= 11 is 6.03. The Kier molecular flexibility index (Phi) is 6.81. The average molecular weight is 515 g/mol. The quantitative estimate of drug-likeness (QED) is 0.571. The molecule has 2 aromatic rings. The highest BCUT2D eigenvalue weighted by atomic mass is 35.5. The molecule has 1 aliphatic carbocycles. The fourth-order valence-electron chi connectivity index (χ4n) is 5.60. The molecule has 3 aliphatic rings. The number of fused-ring (bicyclic) bond motifs is 3.